The van der Waals surface area contributed by atoms with Crippen LogP contribution in [0, 0.1) is 0 Å². The lowest BCUT2D eigenvalue weighted by Gasteiger charge is -2.19. The van der Waals surface area contributed by atoms with Crippen LogP contribution in [0.2, 0.25) is 0 Å². The van der Waals surface area contributed by atoms with Gasteiger partial charge in [0.25, 0.3) is 0 Å². The minimum atomic E-state index is -5.37. The van der Waals surface area contributed by atoms with Crippen LogP contribution in [0.25, 0.3) is 0 Å². The summed E-state index contributed by atoms with van der Waals surface area (Å²) in [6, 6.07) is 0. The fourth-order valence-corrected chi connectivity index (χ4v) is 0.331. The maximum absolute atomic E-state index is 12.0. The van der Waals surface area contributed by atoms with Crippen molar-refractivity contribution in [2.75, 3.05) is 0 Å². The summed E-state index contributed by atoms with van der Waals surface area (Å²) in [6.45, 7) is 0. The molecule has 68 valence electrons. The van der Waals surface area contributed by atoms with Crippen molar-refractivity contribution in [1.82, 2.24) is 0 Å². The maximum Gasteiger partial charge on any atom is 0.526 e. The van der Waals surface area contributed by atoms with Crippen molar-refractivity contribution < 1.29 is 26.7 Å². The van der Waals surface area contributed by atoms with Crippen molar-refractivity contribution in [1.29, 1.82) is 0 Å². The van der Waals surface area contributed by atoms with Crippen LogP contribution < -0.4 is 0 Å². The number of rotatable bonds is 2. The molecule has 8 heteroatoms. The number of hydrogen-bond donors (Lipinski definition) is 0. The molecule has 0 heterocycles. The predicted octanol–water partition coefficient (Wildman–Crippen LogP) is 2.92. The van der Waals surface area contributed by atoms with Crippen LogP contribution in [-0.2, 0) is 4.74 Å². The lowest BCUT2D eigenvalue weighted by Crippen LogP contribution is -2.34. The molecule has 0 aromatic heterocycles. The highest BCUT2D eigenvalue weighted by atomic mass is 35.5. The first-order valence-corrected chi connectivity index (χ1v) is 2.89. The summed E-state index contributed by atoms with van der Waals surface area (Å²) in [5.74, 6) is 0. The zero-order chi connectivity index (χ0) is 9.28. The SMILES string of the molecule is FC(Cl)C(F)(Cl)OC(F)(F)F. The summed E-state index contributed by atoms with van der Waals surface area (Å²) in [7, 11) is 0. The van der Waals surface area contributed by atoms with E-state index >= 15 is 0 Å². The molecule has 0 spiro atoms. The molecule has 0 aromatic carbocycles. The van der Waals surface area contributed by atoms with Crippen molar-refractivity contribution in [2.24, 2.45) is 0 Å². The van der Waals surface area contributed by atoms with Gasteiger partial charge in [0.15, 0.2) is 0 Å². The second kappa shape index (κ2) is 3.28. The van der Waals surface area contributed by atoms with E-state index in [0.29, 0.717) is 0 Å². The van der Waals surface area contributed by atoms with Gasteiger partial charge in [0.2, 0.25) is 5.63 Å². The van der Waals surface area contributed by atoms with E-state index < -0.39 is 17.3 Å². The fourth-order valence-electron chi connectivity index (χ4n) is 0.199. The van der Waals surface area contributed by atoms with Crippen molar-refractivity contribution in [3.8, 4) is 0 Å². The van der Waals surface area contributed by atoms with Gasteiger partial charge in [-0.3, -0.25) is 0 Å². The molecule has 0 fully saturated rings. The van der Waals surface area contributed by atoms with Gasteiger partial charge in [0.1, 0.15) is 0 Å². The van der Waals surface area contributed by atoms with Crippen LogP contribution in [0.4, 0.5) is 22.0 Å². The van der Waals surface area contributed by atoms with Gasteiger partial charge in [-0.05, 0) is 11.6 Å². The molecule has 0 bridgehead atoms. The summed E-state index contributed by atoms with van der Waals surface area (Å²) in [5.41, 5.74) is -3.09. The molecule has 0 aliphatic rings. The van der Waals surface area contributed by atoms with E-state index in [-0.39, 0.29) is 0 Å². The normalized spacial score (nSPS) is 21.0. The first-order valence-electron chi connectivity index (χ1n) is 2.08. The van der Waals surface area contributed by atoms with Gasteiger partial charge in [-0.15, -0.1) is 13.2 Å². The van der Waals surface area contributed by atoms with Gasteiger partial charge in [-0.2, -0.15) is 4.39 Å². The van der Waals surface area contributed by atoms with E-state index in [1.807, 2.05) is 0 Å². The van der Waals surface area contributed by atoms with Gasteiger partial charge in [0, 0.05) is 0 Å². The number of alkyl halides is 7. The van der Waals surface area contributed by atoms with Crippen LogP contribution in [0.3, 0.4) is 0 Å². The number of ether oxygens (including phenoxy) is 1. The number of hydrogen-bond acceptors (Lipinski definition) is 1. The Morgan fingerprint density at radius 3 is 1.64 bits per heavy atom. The molecule has 0 saturated heterocycles. The summed E-state index contributed by atoms with van der Waals surface area (Å²) in [6.07, 6.45) is -5.37. The summed E-state index contributed by atoms with van der Waals surface area (Å²) in [4.78, 5) is 0. The highest BCUT2D eigenvalue weighted by molar-refractivity contribution is 6.30. The van der Waals surface area contributed by atoms with Gasteiger partial charge in [-0.1, -0.05) is 11.6 Å². The van der Waals surface area contributed by atoms with E-state index in [1.54, 1.807) is 0 Å². The highest BCUT2D eigenvalue weighted by Gasteiger charge is 2.48. The number of halogens is 7. The Kier molecular flexibility index (Phi) is 3.34. The van der Waals surface area contributed by atoms with E-state index in [9.17, 15) is 22.0 Å². The standard InChI is InChI=1S/C3HCl2F5O/c4-1(6)2(5,7)11-3(8,9)10/h1H. The Bertz CT molecular complexity index is 132. The Hall–Kier alpha value is 0.190. The molecular formula is C3HCl2F5O. The van der Waals surface area contributed by atoms with Gasteiger partial charge in [0.05, 0.1) is 0 Å². The molecule has 2 atom stereocenters. The molecule has 11 heavy (non-hydrogen) atoms. The molecule has 1 nitrogen and oxygen atoms in total. The molecule has 0 aromatic rings. The monoisotopic (exact) mass is 218 g/mol. The third-order valence-corrected chi connectivity index (χ3v) is 1.17. The molecule has 0 N–H and O–H groups in total. The predicted molar refractivity (Wildman–Crippen MR) is 27.6 cm³/mol. The Balaban J connectivity index is 4.13. The first kappa shape index (κ1) is 11.2. The summed E-state index contributed by atoms with van der Waals surface area (Å²) >= 11 is 8.52. The summed E-state index contributed by atoms with van der Waals surface area (Å²) < 4.78 is 59.6. The van der Waals surface area contributed by atoms with Crippen molar-refractivity contribution in [2.45, 2.75) is 17.3 Å². The topological polar surface area (TPSA) is 9.23 Å². The van der Waals surface area contributed by atoms with E-state index in [2.05, 4.69) is 27.9 Å². The van der Waals surface area contributed by atoms with E-state index in [4.69, 9.17) is 0 Å². The maximum atomic E-state index is 12.0. The first-order chi connectivity index (χ1) is 4.65. The van der Waals surface area contributed by atoms with Gasteiger partial charge in [-0.25, -0.2) is 9.13 Å². The van der Waals surface area contributed by atoms with Crippen LogP contribution in [0.15, 0.2) is 0 Å². The lowest BCUT2D eigenvalue weighted by molar-refractivity contribution is -0.376. The Labute approximate surface area is 68.0 Å². The molecular weight excluding hydrogens is 218 g/mol. The molecule has 0 aliphatic carbocycles. The Morgan fingerprint density at radius 1 is 1.18 bits per heavy atom. The van der Waals surface area contributed by atoms with Gasteiger partial charge < -0.3 is 0 Å². The second-order valence-corrected chi connectivity index (χ2v) is 2.31. The highest BCUT2D eigenvalue weighted by Crippen LogP contribution is 2.35. The minimum Gasteiger partial charge on any atom is -0.236 e. The zero-order valence-corrected chi connectivity index (χ0v) is 6.14. The third kappa shape index (κ3) is 4.60. The smallest absolute Gasteiger partial charge is 0.236 e. The van der Waals surface area contributed by atoms with Crippen LogP contribution in [-0.4, -0.2) is 17.3 Å². The minimum absolute atomic E-state index is 2.48. The molecule has 2 unspecified atom stereocenters. The van der Waals surface area contributed by atoms with Crippen LogP contribution >= 0.6 is 23.2 Å². The van der Waals surface area contributed by atoms with Crippen molar-refractivity contribution in [3.63, 3.8) is 0 Å². The quantitative estimate of drug-likeness (QED) is 0.512. The average Bonchev–Trinajstić information content (AvgIpc) is 1.56. The largest absolute Gasteiger partial charge is 0.526 e. The van der Waals surface area contributed by atoms with E-state index in [0.717, 1.165) is 0 Å². The molecule has 0 saturated carbocycles. The molecule has 0 amide bonds. The lowest BCUT2D eigenvalue weighted by atomic mass is 10.7. The van der Waals surface area contributed by atoms with Crippen molar-refractivity contribution in [3.05, 3.63) is 0 Å². The van der Waals surface area contributed by atoms with E-state index in [1.165, 1.54) is 0 Å². The zero-order valence-electron chi connectivity index (χ0n) is 4.63. The second-order valence-electron chi connectivity index (χ2n) is 1.41. The van der Waals surface area contributed by atoms with Crippen molar-refractivity contribution >= 4 is 23.2 Å². The molecule has 0 aliphatic heterocycles. The molecule has 0 radical (unpaired) electrons. The molecule has 0 rings (SSSR count). The Morgan fingerprint density at radius 2 is 1.55 bits per heavy atom. The summed E-state index contributed by atoms with van der Waals surface area (Å²) in [5, 5.41) is -4.07. The van der Waals surface area contributed by atoms with Crippen LogP contribution in [0.5, 0.6) is 0 Å². The third-order valence-electron chi connectivity index (χ3n) is 0.506. The van der Waals surface area contributed by atoms with Gasteiger partial charge >= 0.3 is 11.7 Å². The average molecular weight is 219 g/mol. The fraction of sp³-hybridized carbons (Fsp3) is 1.00. The van der Waals surface area contributed by atoms with Crippen LogP contribution in [0.1, 0.15) is 0 Å².